The van der Waals surface area contributed by atoms with Crippen LogP contribution < -0.4 is 9.47 Å². The lowest BCUT2D eigenvalue weighted by Gasteiger charge is -2.40. The van der Waals surface area contributed by atoms with E-state index >= 15 is 0 Å². The number of fused-ring (bicyclic) bond motifs is 1. The molecule has 0 bridgehead atoms. The fraction of sp³-hybridized carbons (Fsp3) is 0.579. The summed E-state index contributed by atoms with van der Waals surface area (Å²) in [6.45, 7) is 8.76. The topological polar surface area (TPSA) is 59.1 Å². The first-order valence-corrected chi connectivity index (χ1v) is 9.41. The fourth-order valence-electron chi connectivity index (χ4n) is 3.40. The van der Waals surface area contributed by atoms with Crippen molar-refractivity contribution in [2.75, 3.05) is 32.8 Å². The van der Waals surface area contributed by atoms with Crippen molar-refractivity contribution in [1.29, 1.82) is 0 Å². The average Bonchev–Trinajstić information content (AvgIpc) is 2.59. The third kappa shape index (κ3) is 3.90. The molecule has 0 radical (unpaired) electrons. The molecule has 2 heterocycles. The number of halogens is 1. The third-order valence-corrected chi connectivity index (χ3v) is 5.06. The van der Waals surface area contributed by atoms with Crippen molar-refractivity contribution in [2.24, 2.45) is 5.92 Å². The molecule has 0 N–H and O–H groups in total. The molecule has 26 heavy (non-hydrogen) atoms. The number of carbonyl (C=O) groups is 2. The maximum atomic E-state index is 12.8. The molecule has 1 atom stereocenters. The smallest absolute Gasteiger partial charge is 0.245 e. The lowest BCUT2D eigenvalue weighted by Crippen LogP contribution is -2.58. The largest absolute Gasteiger partial charge is 0.486 e. The van der Waals surface area contributed by atoms with Gasteiger partial charge in [-0.2, -0.15) is 0 Å². The third-order valence-electron chi connectivity index (χ3n) is 4.71. The Bertz CT molecular complexity index is 707. The molecule has 2 amide bonds. The molecule has 1 fully saturated rings. The number of hydrogen-bond donors (Lipinski definition) is 0. The second-order valence-electron chi connectivity index (χ2n) is 7.21. The van der Waals surface area contributed by atoms with E-state index in [4.69, 9.17) is 21.1 Å². The van der Waals surface area contributed by atoms with Crippen LogP contribution in [0.15, 0.2) is 12.1 Å². The molecule has 3 rings (SSSR count). The van der Waals surface area contributed by atoms with Crippen LogP contribution in [-0.4, -0.2) is 60.5 Å². The van der Waals surface area contributed by atoms with Crippen molar-refractivity contribution in [2.45, 2.75) is 33.2 Å². The minimum atomic E-state index is -0.453. The number of piperazine rings is 1. The van der Waals surface area contributed by atoms with E-state index in [0.717, 1.165) is 6.54 Å². The van der Waals surface area contributed by atoms with Crippen molar-refractivity contribution in [3.05, 3.63) is 22.7 Å². The van der Waals surface area contributed by atoms with Crippen LogP contribution in [0.4, 0.5) is 0 Å². The summed E-state index contributed by atoms with van der Waals surface area (Å²) in [5.74, 6) is 1.52. The van der Waals surface area contributed by atoms with Crippen molar-refractivity contribution < 1.29 is 19.1 Å². The Morgan fingerprint density at radius 3 is 2.54 bits per heavy atom. The highest BCUT2D eigenvalue weighted by Crippen LogP contribution is 2.35. The quantitative estimate of drug-likeness (QED) is 0.804. The molecule has 142 valence electrons. The van der Waals surface area contributed by atoms with Gasteiger partial charge >= 0.3 is 0 Å². The molecule has 1 aromatic rings. The first-order chi connectivity index (χ1) is 12.4. The lowest BCUT2D eigenvalue weighted by atomic mass is 10.1. The summed E-state index contributed by atoms with van der Waals surface area (Å²) in [5.41, 5.74) is 0.685. The second kappa shape index (κ2) is 7.74. The monoisotopic (exact) mass is 380 g/mol. The molecule has 1 saturated heterocycles. The molecular weight excluding hydrogens is 356 g/mol. The van der Waals surface area contributed by atoms with Gasteiger partial charge in [-0.1, -0.05) is 25.4 Å². The number of ether oxygens (including phenoxy) is 2. The molecular formula is C19H25ClN2O4. The predicted molar refractivity (Wildman–Crippen MR) is 98.7 cm³/mol. The number of carbonyl (C=O) groups excluding carboxylic acids is 2. The van der Waals surface area contributed by atoms with Gasteiger partial charge in [-0.25, -0.2) is 0 Å². The first-order valence-electron chi connectivity index (χ1n) is 9.03. The van der Waals surface area contributed by atoms with Gasteiger partial charge in [0.05, 0.1) is 6.42 Å². The average molecular weight is 381 g/mol. The van der Waals surface area contributed by atoms with Crippen LogP contribution in [0, 0.1) is 5.92 Å². The Labute approximate surface area is 159 Å². The van der Waals surface area contributed by atoms with Gasteiger partial charge in [0.15, 0.2) is 11.5 Å². The van der Waals surface area contributed by atoms with Gasteiger partial charge in [0, 0.05) is 30.7 Å². The molecule has 0 aliphatic carbocycles. The summed E-state index contributed by atoms with van der Waals surface area (Å²) in [5, 5.41) is 0.472. The normalized spacial score (nSPS) is 19.9. The molecule has 0 spiro atoms. The molecule has 0 aromatic heterocycles. The zero-order valence-electron chi connectivity index (χ0n) is 15.5. The van der Waals surface area contributed by atoms with Gasteiger partial charge in [0.1, 0.15) is 19.3 Å². The van der Waals surface area contributed by atoms with E-state index in [9.17, 15) is 9.59 Å². The number of benzene rings is 1. The molecule has 0 unspecified atom stereocenters. The predicted octanol–water partition coefficient (Wildman–Crippen LogP) is 2.37. The lowest BCUT2D eigenvalue weighted by molar-refractivity contribution is -0.150. The Morgan fingerprint density at radius 2 is 1.88 bits per heavy atom. The second-order valence-corrected chi connectivity index (χ2v) is 7.61. The van der Waals surface area contributed by atoms with Gasteiger partial charge in [-0.05, 0) is 24.5 Å². The van der Waals surface area contributed by atoms with Crippen LogP contribution >= 0.6 is 11.6 Å². The van der Waals surface area contributed by atoms with E-state index in [1.807, 2.05) is 4.90 Å². The summed E-state index contributed by atoms with van der Waals surface area (Å²) in [4.78, 5) is 28.8. The Hall–Kier alpha value is -1.95. The number of amides is 2. The van der Waals surface area contributed by atoms with E-state index in [-0.39, 0.29) is 18.2 Å². The number of nitrogens with zero attached hydrogens (tertiary/aromatic N) is 2. The zero-order valence-corrected chi connectivity index (χ0v) is 16.2. The highest BCUT2D eigenvalue weighted by atomic mass is 35.5. The van der Waals surface area contributed by atoms with Crippen LogP contribution in [0.3, 0.4) is 0 Å². The SMILES string of the molecule is CC(C)CN1CCN(C(=O)Cc2cc3c(cc2Cl)OCCO3)[C@H](C)C1=O. The number of rotatable bonds is 4. The van der Waals surface area contributed by atoms with Crippen molar-refractivity contribution in [3.63, 3.8) is 0 Å². The molecule has 2 aliphatic rings. The van der Waals surface area contributed by atoms with Gasteiger partial charge in [0.2, 0.25) is 11.8 Å². The Kier molecular flexibility index (Phi) is 5.61. The minimum absolute atomic E-state index is 0.00608. The zero-order chi connectivity index (χ0) is 18.8. The van der Waals surface area contributed by atoms with Gasteiger partial charge in [0.25, 0.3) is 0 Å². The summed E-state index contributed by atoms with van der Waals surface area (Å²) < 4.78 is 11.1. The Morgan fingerprint density at radius 1 is 1.23 bits per heavy atom. The van der Waals surface area contributed by atoms with Crippen molar-refractivity contribution >= 4 is 23.4 Å². The summed E-state index contributed by atoms with van der Waals surface area (Å²) in [7, 11) is 0. The van der Waals surface area contributed by atoms with Crippen LogP contribution in [0.5, 0.6) is 11.5 Å². The summed E-state index contributed by atoms with van der Waals surface area (Å²) in [6, 6.07) is 3.00. The van der Waals surface area contributed by atoms with Crippen molar-refractivity contribution in [3.8, 4) is 11.5 Å². The van der Waals surface area contributed by atoms with Gasteiger partial charge in [-0.15, -0.1) is 0 Å². The standard InChI is InChI=1S/C19H25ClN2O4/c1-12(2)11-21-4-5-22(13(3)19(21)24)18(23)9-14-8-16-17(10-15(14)20)26-7-6-25-16/h8,10,12-13H,4-7,9,11H2,1-3H3/t13-/m1/s1. The maximum Gasteiger partial charge on any atom is 0.245 e. The summed E-state index contributed by atoms with van der Waals surface area (Å²) >= 11 is 6.31. The number of hydrogen-bond acceptors (Lipinski definition) is 4. The van der Waals surface area contributed by atoms with Gasteiger partial charge in [-0.3, -0.25) is 9.59 Å². The highest BCUT2D eigenvalue weighted by molar-refractivity contribution is 6.31. The fourth-order valence-corrected chi connectivity index (χ4v) is 3.62. The highest BCUT2D eigenvalue weighted by Gasteiger charge is 2.34. The van der Waals surface area contributed by atoms with E-state index in [2.05, 4.69) is 13.8 Å². The van der Waals surface area contributed by atoms with E-state index < -0.39 is 6.04 Å². The molecule has 1 aromatic carbocycles. The van der Waals surface area contributed by atoms with E-state index in [1.165, 1.54) is 0 Å². The molecule has 0 saturated carbocycles. The van der Waals surface area contributed by atoms with Crippen LogP contribution in [0.1, 0.15) is 26.3 Å². The molecule has 7 heteroatoms. The van der Waals surface area contributed by atoms with Crippen LogP contribution in [-0.2, 0) is 16.0 Å². The van der Waals surface area contributed by atoms with E-state index in [0.29, 0.717) is 54.3 Å². The maximum absolute atomic E-state index is 12.8. The van der Waals surface area contributed by atoms with Crippen LogP contribution in [0.25, 0.3) is 0 Å². The van der Waals surface area contributed by atoms with Gasteiger partial charge < -0.3 is 19.3 Å². The van der Waals surface area contributed by atoms with Crippen molar-refractivity contribution in [1.82, 2.24) is 9.80 Å². The molecule has 6 nitrogen and oxygen atoms in total. The summed E-state index contributed by atoms with van der Waals surface area (Å²) in [6.07, 6.45) is 0.136. The molecule has 2 aliphatic heterocycles. The van der Waals surface area contributed by atoms with E-state index in [1.54, 1.807) is 24.0 Å². The Balaban J connectivity index is 1.70. The van der Waals surface area contributed by atoms with Crippen LogP contribution in [0.2, 0.25) is 5.02 Å². The minimum Gasteiger partial charge on any atom is -0.486 e. The first kappa shape index (κ1) is 18.8.